The minimum atomic E-state index is 0.202. The van der Waals surface area contributed by atoms with Gasteiger partial charge in [-0.3, -0.25) is 4.90 Å². The van der Waals surface area contributed by atoms with E-state index < -0.39 is 0 Å². The summed E-state index contributed by atoms with van der Waals surface area (Å²) in [5, 5.41) is 0. The lowest BCUT2D eigenvalue weighted by Gasteiger charge is -2.39. The van der Waals surface area contributed by atoms with Gasteiger partial charge in [0.05, 0.1) is 0 Å². The van der Waals surface area contributed by atoms with Gasteiger partial charge in [-0.05, 0) is 40.7 Å². The Morgan fingerprint density at radius 1 is 0.893 bits per heavy atom. The number of hydrogen-bond acceptors (Lipinski definition) is 1. The van der Waals surface area contributed by atoms with Gasteiger partial charge in [0.1, 0.15) is 0 Å². The van der Waals surface area contributed by atoms with Gasteiger partial charge in [0.15, 0.2) is 0 Å². The maximum Gasteiger partial charge on any atom is 0.0237 e. The smallest absolute Gasteiger partial charge is 0.0237 e. The molecule has 0 radical (unpaired) electrons. The zero-order chi connectivity index (χ0) is 19.0. The summed E-state index contributed by atoms with van der Waals surface area (Å²) in [7, 11) is 0. The van der Waals surface area contributed by atoms with Crippen LogP contribution in [0.2, 0.25) is 0 Å². The molecule has 0 saturated carbocycles. The molecule has 3 aromatic carbocycles. The molecule has 0 fully saturated rings. The molecule has 0 spiro atoms. The Morgan fingerprint density at radius 2 is 1.61 bits per heavy atom. The van der Waals surface area contributed by atoms with Crippen LogP contribution >= 0.6 is 0 Å². The standard InChI is InChI=1S/C27H27N/c1-2-16-28(19-21-10-4-3-5-11-21)20-27-17-22-12-6-7-13-23(22)25(18-27)24-14-8-9-15-26(24)27/h2-15,25H,1,16-20H2. The Hall–Kier alpha value is -2.64. The van der Waals surface area contributed by atoms with Crippen LogP contribution in [0, 0.1) is 0 Å². The summed E-state index contributed by atoms with van der Waals surface area (Å²) in [6.45, 7) is 7.01. The second kappa shape index (κ2) is 7.07. The molecule has 1 nitrogen and oxygen atoms in total. The molecule has 0 amide bonds. The molecule has 0 N–H and O–H groups in total. The van der Waals surface area contributed by atoms with Crippen LogP contribution in [0.1, 0.15) is 40.2 Å². The van der Waals surface area contributed by atoms with Crippen LogP contribution in [0.15, 0.2) is 91.5 Å². The van der Waals surface area contributed by atoms with Crippen molar-refractivity contribution in [3.05, 3.63) is 119 Å². The van der Waals surface area contributed by atoms with Crippen LogP contribution in [0.25, 0.3) is 0 Å². The predicted octanol–water partition coefficient (Wildman–Crippen LogP) is 5.70. The van der Waals surface area contributed by atoms with E-state index in [0.717, 1.165) is 26.1 Å². The van der Waals surface area contributed by atoms with Gasteiger partial charge in [0, 0.05) is 31.0 Å². The van der Waals surface area contributed by atoms with Gasteiger partial charge in [-0.2, -0.15) is 0 Å². The minimum absolute atomic E-state index is 0.202. The summed E-state index contributed by atoms with van der Waals surface area (Å²) in [6.07, 6.45) is 4.42. The zero-order valence-electron chi connectivity index (χ0n) is 16.4. The summed E-state index contributed by atoms with van der Waals surface area (Å²) >= 11 is 0. The van der Waals surface area contributed by atoms with E-state index in [0.29, 0.717) is 5.92 Å². The summed E-state index contributed by atoms with van der Waals surface area (Å²) in [5.41, 5.74) is 7.77. The van der Waals surface area contributed by atoms with Gasteiger partial charge in [-0.25, -0.2) is 0 Å². The van der Waals surface area contributed by atoms with Crippen molar-refractivity contribution in [2.45, 2.75) is 30.7 Å². The van der Waals surface area contributed by atoms with E-state index in [9.17, 15) is 0 Å². The number of nitrogens with zero attached hydrogens (tertiary/aromatic N) is 1. The minimum Gasteiger partial charge on any atom is -0.295 e. The highest BCUT2D eigenvalue weighted by Crippen LogP contribution is 2.55. The first-order valence-electron chi connectivity index (χ1n) is 10.3. The van der Waals surface area contributed by atoms with Gasteiger partial charge >= 0.3 is 0 Å². The highest BCUT2D eigenvalue weighted by atomic mass is 15.1. The first kappa shape index (κ1) is 17.5. The molecule has 140 valence electrons. The van der Waals surface area contributed by atoms with Crippen LogP contribution in [0.3, 0.4) is 0 Å². The monoisotopic (exact) mass is 365 g/mol. The second-order valence-corrected chi connectivity index (χ2v) is 8.44. The number of rotatable bonds is 6. The molecule has 0 heterocycles. The average molecular weight is 366 g/mol. The molecule has 1 heteroatoms. The molecular weight excluding hydrogens is 338 g/mol. The molecule has 2 unspecified atom stereocenters. The SMILES string of the molecule is C=CCN(Cc1ccccc1)CC12Cc3ccccc3C(C1)c1ccccc12. The number of fused-ring (bicyclic) bond motifs is 7. The van der Waals surface area contributed by atoms with Crippen molar-refractivity contribution in [1.82, 2.24) is 4.90 Å². The van der Waals surface area contributed by atoms with Crippen LogP contribution in [-0.2, 0) is 18.4 Å². The number of benzene rings is 3. The zero-order valence-corrected chi connectivity index (χ0v) is 16.4. The Labute approximate surface area is 168 Å². The van der Waals surface area contributed by atoms with Gasteiger partial charge in [0.25, 0.3) is 0 Å². The topological polar surface area (TPSA) is 3.24 Å². The highest BCUT2D eigenvalue weighted by molar-refractivity contribution is 5.54. The first-order valence-corrected chi connectivity index (χ1v) is 10.3. The van der Waals surface area contributed by atoms with Gasteiger partial charge in [0.2, 0.25) is 0 Å². The summed E-state index contributed by atoms with van der Waals surface area (Å²) in [5.74, 6) is 0.545. The molecule has 2 aliphatic rings. The van der Waals surface area contributed by atoms with E-state index in [1.54, 1.807) is 16.7 Å². The fraction of sp³-hybridized carbons (Fsp3) is 0.259. The fourth-order valence-electron chi connectivity index (χ4n) is 5.58. The third kappa shape index (κ3) is 2.91. The summed E-state index contributed by atoms with van der Waals surface area (Å²) in [4.78, 5) is 2.58. The quantitative estimate of drug-likeness (QED) is 0.506. The van der Waals surface area contributed by atoms with Crippen molar-refractivity contribution in [2.75, 3.05) is 13.1 Å². The summed E-state index contributed by atoms with van der Waals surface area (Å²) in [6, 6.07) is 29.1. The third-order valence-corrected chi connectivity index (χ3v) is 6.62. The second-order valence-electron chi connectivity index (χ2n) is 8.44. The summed E-state index contributed by atoms with van der Waals surface area (Å²) < 4.78 is 0. The molecule has 2 bridgehead atoms. The predicted molar refractivity (Wildman–Crippen MR) is 117 cm³/mol. The maximum absolute atomic E-state index is 4.03. The third-order valence-electron chi connectivity index (χ3n) is 6.62. The molecule has 28 heavy (non-hydrogen) atoms. The molecule has 0 aliphatic heterocycles. The molecule has 0 aromatic heterocycles. The first-order chi connectivity index (χ1) is 13.8. The Balaban J connectivity index is 1.53. The van der Waals surface area contributed by atoms with Crippen LogP contribution in [0.4, 0.5) is 0 Å². The molecular formula is C27H27N. The van der Waals surface area contributed by atoms with E-state index >= 15 is 0 Å². The van der Waals surface area contributed by atoms with E-state index in [-0.39, 0.29) is 5.41 Å². The Morgan fingerprint density at radius 3 is 2.43 bits per heavy atom. The van der Waals surface area contributed by atoms with Crippen molar-refractivity contribution >= 4 is 0 Å². The van der Waals surface area contributed by atoms with E-state index in [1.807, 2.05) is 0 Å². The largest absolute Gasteiger partial charge is 0.295 e. The number of hydrogen-bond donors (Lipinski definition) is 0. The van der Waals surface area contributed by atoms with E-state index in [4.69, 9.17) is 0 Å². The van der Waals surface area contributed by atoms with Crippen molar-refractivity contribution < 1.29 is 0 Å². The normalized spacial score (nSPS) is 22.0. The lowest BCUT2D eigenvalue weighted by molar-refractivity contribution is 0.205. The lowest BCUT2D eigenvalue weighted by Crippen LogP contribution is -2.42. The van der Waals surface area contributed by atoms with Crippen LogP contribution < -0.4 is 0 Å². The van der Waals surface area contributed by atoms with E-state index in [1.165, 1.54) is 17.5 Å². The Bertz CT molecular complexity index is 990. The van der Waals surface area contributed by atoms with Crippen LogP contribution in [-0.4, -0.2) is 18.0 Å². The maximum atomic E-state index is 4.03. The lowest BCUT2D eigenvalue weighted by atomic mass is 9.70. The van der Waals surface area contributed by atoms with Gasteiger partial charge in [-0.15, -0.1) is 6.58 Å². The van der Waals surface area contributed by atoms with Gasteiger partial charge in [-0.1, -0.05) is 84.9 Å². The molecule has 2 aliphatic carbocycles. The highest BCUT2D eigenvalue weighted by Gasteiger charge is 2.48. The van der Waals surface area contributed by atoms with Crippen molar-refractivity contribution in [1.29, 1.82) is 0 Å². The van der Waals surface area contributed by atoms with E-state index in [2.05, 4.69) is 96.4 Å². The molecule has 0 saturated heterocycles. The van der Waals surface area contributed by atoms with Gasteiger partial charge < -0.3 is 0 Å². The van der Waals surface area contributed by atoms with Crippen molar-refractivity contribution in [3.63, 3.8) is 0 Å². The molecule has 2 atom stereocenters. The van der Waals surface area contributed by atoms with Crippen molar-refractivity contribution in [3.8, 4) is 0 Å². The van der Waals surface area contributed by atoms with Crippen molar-refractivity contribution in [2.24, 2.45) is 0 Å². The molecule has 3 aromatic rings. The molecule has 5 rings (SSSR count). The van der Waals surface area contributed by atoms with Crippen LogP contribution in [0.5, 0.6) is 0 Å². The average Bonchev–Trinajstić information content (AvgIpc) is 2.99. The Kier molecular flexibility index (Phi) is 4.41. The fourth-order valence-corrected chi connectivity index (χ4v) is 5.58.